The number of nitrogens with two attached hydrogens (primary N) is 1. The van der Waals surface area contributed by atoms with Crippen LogP contribution < -0.4 is 11.3 Å². The summed E-state index contributed by atoms with van der Waals surface area (Å²) in [5.74, 6) is 6.73. The van der Waals surface area contributed by atoms with Crippen molar-refractivity contribution in [2.24, 2.45) is 5.84 Å². The molecule has 94 valence electrons. The molecule has 1 aromatic rings. The van der Waals surface area contributed by atoms with E-state index in [4.69, 9.17) is 5.84 Å². The van der Waals surface area contributed by atoms with E-state index in [-0.39, 0.29) is 0 Å². The summed E-state index contributed by atoms with van der Waals surface area (Å²) in [6.07, 6.45) is 10.2. The molecule has 0 aliphatic heterocycles. The molecule has 1 saturated carbocycles. The molecule has 0 amide bonds. The van der Waals surface area contributed by atoms with Crippen LogP contribution >= 0.6 is 11.8 Å². The second kappa shape index (κ2) is 6.99. The van der Waals surface area contributed by atoms with E-state index < -0.39 is 0 Å². The molecule has 17 heavy (non-hydrogen) atoms. The highest BCUT2D eigenvalue weighted by Gasteiger charge is 2.17. The van der Waals surface area contributed by atoms with Crippen LogP contribution in [0, 0.1) is 0 Å². The lowest BCUT2D eigenvalue weighted by Crippen LogP contribution is -2.39. The summed E-state index contributed by atoms with van der Waals surface area (Å²) in [6, 6.07) is 4.48. The standard InChI is InChI=1S/C13H21N3S/c14-16-12(9-11-5-7-15-8-6-11)10-17-13-3-1-2-4-13/h5-8,12-13,16H,1-4,9-10,14H2. The molecule has 1 fully saturated rings. The van der Waals surface area contributed by atoms with Crippen molar-refractivity contribution in [3.63, 3.8) is 0 Å². The lowest BCUT2D eigenvalue weighted by Gasteiger charge is -2.17. The van der Waals surface area contributed by atoms with Gasteiger partial charge in [-0.15, -0.1) is 0 Å². The van der Waals surface area contributed by atoms with Crippen LogP contribution in [-0.2, 0) is 6.42 Å². The van der Waals surface area contributed by atoms with Gasteiger partial charge in [0.15, 0.2) is 0 Å². The Balaban J connectivity index is 1.76. The van der Waals surface area contributed by atoms with Crippen molar-refractivity contribution in [2.45, 2.75) is 43.4 Å². The van der Waals surface area contributed by atoms with E-state index in [0.29, 0.717) is 6.04 Å². The number of hydrogen-bond donors (Lipinski definition) is 2. The van der Waals surface area contributed by atoms with Crippen LogP contribution in [0.3, 0.4) is 0 Å². The smallest absolute Gasteiger partial charge is 0.0341 e. The van der Waals surface area contributed by atoms with E-state index >= 15 is 0 Å². The molecule has 1 atom stereocenters. The van der Waals surface area contributed by atoms with Gasteiger partial charge >= 0.3 is 0 Å². The molecule has 0 spiro atoms. The Labute approximate surface area is 108 Å². The molecule has 1 aliphatic rings. The monoisotopic (exact) mass is 251 g/mol. The highest BCUT2D eigenvalue weighted by molar-refractivity contribution is 7.99. The number of thioether (sulfide) groups is 1. The Bertz CT molecular complexity index is 312. The molecule has 1 heterocycles. The first-order valence-electron chi connectivity index (χ1n) is 6.35. The summed E-state index contributed by atoms with van der Waals surface area (Å²) >= 11 is 2.08. The van der Waals surface area contributed by atoms with Crippen molar-refractivity contribution in [3.8, 4) is 0 Å². The second-order valence-corrected chi connectivity index (χ2v) is 6.00. The van der Waals surface area contributed by atoms with Gasteiger partial charge in [0.05, 0.1) is 0 Å². The van der Waals surface area contributed by atoms with Crippen molar-refractivity contribution >= 4 is 11.8 Å². The fourth-order valence-corrected chi connectivity index (χ4v) is 3.66. The first-order chi connectivity index (χ1) is 8.38. The molecular formula is C13H21N3S. The van der Waals surface area contributed by atoms with Crippen LogP contribution in [0.25, 0.3) is 0 Å². The molecule has 0 aromatic carbocycles. The van der Waals surface area contributed by atoms with Gasteiger partial charge in [-0.05, 0) is 37.0 Å². The summed E-state index contributed by atoms with van der Waals surface area (Å²) < 4.78 is 0. The number of rotatable bonds is 6. The third-order valence-corrected chi connectivity index (χ3v) is 4.84. The zero-order valence-corrected chi connectivity index (χ0v) is 11.0. The third-order valence-electron chi connectivity index (χ3n) is 3.30. The lowest BCUT2D eigenvalue weighted by atomic mass is 10.1. The Hall–Kier alpha value is -0.580. The van der Waals surface area contributed by atoms with E-state index in [1.807, 2.05) is 12.4 Å². The maximum atomic E-state index is 5.63. The Kier molecular flexibility index (Phi) is 5.29. The van der Waals surface area contributed by atoms with Crippen LogP contribution in [0.5, 0.6) is 0 Å². The van der Waals surface area contributed by atoms with Crippen LogP contribution in [0.1, 0.15) is 31.2 Å². The number of hydrogen-bond acceptors (Lipinski definition) is 4. The van der Waals surface area contributed by atoms with Gasteiger partial charge in [0.2, 0.25) is 0 Å². The van der Waals surface area contributed by atoms with Crippen molar-refractivity contribution in [1.29, 1.82) is 0 Å². The molecule has 4 heteroatoms. The van der Waals surface area contributed by atoms with Gasteiger partial charge in [0, 0.05) is 29.4 Å². The molecule has 2 rings (SSSR count). The fraction of sp³-hybridized carbons (Fsp3) is 0.615. The second-order valence-electron chi connectivity index (χ2n) is 4.66. The van der Waals surface area contributed by atoms with Gasteiger partial charge in [-0.1, -0.05) is 12.8 Å². The average molecular weight is 251 g/mol. The van der Waals surface area contributed by atoms with E-state index in [0.717, 1.165) is 17.4 Å². The summed E-state index contributed by atoms with van der Waals surface area (Å²) in [6.45, 7) is 0. The van der Waals surface area contributed by atoms with Gasteiger partial charge in [-0.3, -0.25) is 16.3 Å². The van der Waals surface area contributed by atoms with Crippen LogP contribution in [0.2, 0.25) is 0 Å². The van der Waals surface area contributed by atoms with Gasteiger partial charge in [0.1, 0.15) is 0 Å². The normalized spacial score (nSPS) is 18.4. The fourth-order valence-electron chi connectivity index (χ4n) is 2.28. The number of nitrogens with one attached hydrogen (secondary N) is 1. The summed E-state index contributed by atoms with van der Waals surface area (Å²) in [4.78, 5) is 4.03. The lowest BCUT2D eigenvalue weighted by molar-refractivity contribution is 0.574. The first kappa shape index (κ1) is 12.9. The summed E-state index contributed by atoms with van der Waals surface area (Å²) in [7, 11) is 0. The van der Waals surface area contributed by atoms with Crippen molar-refractivity contribution in [3.05, 3.63) is 30.1 Å². The first-order valence-corrected chi connectivity index (χ1v) is 7.40. The van der Waals surface area contributed by atoms with Crippen LogP contribution in [-0.4, -0.2) is 22.0 Å². The molecular weight excluding hydrogens is 230 g/mol. The predicted octanol–water partition coefficient (Wildman–Crippen LogP) is 2.13. The molecule has 1 aromatic heterocycles. The number of aromatic nitrogens is 1. The number of nitrogens with zero attached hydrogens (tertiary/aromatic N) is 1. The number of hydrazine groups is 1. The molecule has 0 bridgehead atoms. The Morgan fingerprint density at radius 1 is 1.35 bits per heavy atom. The topological polar surface area (TPSA) is 50.9 Å². The quantitative estimate of drug-likeness (QED) is 0.601. The van der Waals surface area contributed by atoms with E-state index in [9.17, 15) is 0 Å². The molecule has 3 nitrogen and oxygen atoms in total. The largest absolute Gasteiger partial charge is 0.271 e. The van der Waals surface area contributed by atoms with Gasteiger partial charge < -0.3 is 0 Å². The molecule has 1 aliphatic carbocycles. The van der Waals surface area contributed by atoms with Crippen LogP contribution in [0.4, 0.5) is 0 Å². The third kappa shape index (κ3) is 4.30. The van der Waals surface area contributed by atoms with Gasteiger partial charge in [-0.2, -0.15) is 11.8 Å². The predicted molar refractivity (Wildman–Crippen MR) is 73.8 cm³/mol. The maximum absolute atomic E-state index is 5.63. The minimum Gasteiger partial charge on any atom is -0.271 e. The van der Waals surface area contributed by atoms with E-state index in [1.54, 1.807) is 0 Å². The van der Waals surface area contributed by atoms with Crippen molar-refractivity contribution in [1.82, 2.24) is 10.4 Å². The Morgan fingerprint density at radius 2 is 2.06 bits per heavy atom. The zero-order valence-electron chi connectivity index (χ0n) is 10.1. The minimum absolute atomic E-state index is 0.364. The van der Waals surface area contributed by atoms with Gasteiger partial charge in [-0.25, -0.2) is 0 Å². The maximum Gasteiger partial charge on any atom is 0.0341 e. The van der Waals surface area contributed by atoms with Crippen molar-refractivity contribution in [2.75, 3.05) is 5.75 Å². The SMILES string of the molecule is NNC(CSC1CCCC1)Cc1ccncc1. The number of pyridine rings is 1. The highest BCUT2D eigenvalue weighted by atomic mass is 32.2. The molecule has 1 unspecified atom stereocenters. The molecule has 0 saturated heterocycles. The summed E-state index contributed by atoms with van der Waals surface area (Å²) in [5.41, 5.74) is 4.23. The molecule has 3 N–H and O–H groups in total. The van der Waals surface area contributed by atoms with Gasteiger partial charge in [0.25, 0.3) is 0 Å². The highest BCUT2D eigenvalue weighted by Crippen LogP contribution is 2.29. The zero-order chi connectivity index (χ0) is 11.9. The van der Waals surface area contributed by atoms with E-state index in [1.165, 1.54) is 31.2 Å². The molecule has 0 radical (unpaired) electrons. The van der Waals surface area contributed by atoms with Crippen molar-refractivity contribution < 1.29 is 0 Å². The summed E-state index contributed by atoms with van der Waals surface area (Å²) in [5, 5.41) is 0.864. The van der Waals surface area contributed by atoms with Crippen LogP contribution in [0.15, 0.2) is 24.5 Å². The minimum atomic E-state index is 0.364. The Morgan fingerprint density at radius 3 is 2.71 bits per heavy atom. The average Bonchev–Trinajstić information content (AvgIpc) is 2.89. The van der Waals surface area contributed by atoms with E-state index in [2.05, 4.69) is 34.3 Å².